The fraction of sp³-hybridized carbons (Fsp3) is 0.379. The molecule has 39 heavy (non-hydrogen) atoms. The highest BCUT2D eigenvalue weighted by molar-refractivity contribution is 5.97. The van der Waals surface area contributed by atoms with Crippen molar-refractivity contribution < 1.29 is 19.0 Å². The molecule has 0 radical (unpaired) electrons. The lowest BCUT2D eigenvalue weighted by atomic mass is 9.87. The van der Waals surface area contributed by atoms with Crippen LogP contribution >= 0.6 is 0 Å². The van der Waals surface area contributed by atoms with Crippen molar-refractivity contribution in [1.82, 2.24) is 24.9 Å². The highest BCUT2D eigenvalue weighted by atomic mass is 19.1. The molecule has 0 atom stereocenters. The molecule has 9 nitrogen and oxygen atoms in total. The van der Waals surface area contributed by atoms with E-state index in [0.717, 1.165) is 55.2 Å². The van der Waals surface area contributed by atoms with E-state index < -0.39 is 5.82 Å². The molecule has 6 rings (SSSR count). The maximum atomic E-state index is 13.8. The third-order valence-corrected chi connectivity index (χ3v) is 7.41. The van der Waals surface area contributed by atoms with E-state index in [1.54, 1.807) is 22.8 Å². The first-order valence-corrected chi connectivity index (χ1v) is 13.5. The van der Waals surface area contributed by atoms with E-state index in [9.17, 15) is 14.3 Å². The molecule has 2 aliphatic carbocycles. The van der Waals surface area contributed by atoms with Gasteiger partial charge in [0.25, 0.3) is 5.91 Å². The van der Waals surface area contributed by atoms with E-state index in [0.29, 0.717) is 29.6 Å². The zero-order chi connectivity index (χ0) is 26.9. The molecule has 0 bridgehead atoms. The lowest BCUT2D eigenvalue weighted by Crippen LogP contribution is -2.26. The van der Waals surface area contributed by atoms with E-state index in [1.807, 2.05) is 25.1 Å². The Hall–Kier alpha value is -4.05. The normalized spacial score (nSPS) is 19.2. The van der Waals surface area contributed by atoms with Gasteiger partial charge >= 0.3 is 6.01 Å². The average Bonchev–Trinajstić information content (AvgIpc) is 3.63. The standard InChI is InChI=1S/C29H31FN6O3/c1-17-13-19(7-12-24(17)27(38)33-21-8-9-21)25-16-32-36-26(25)34-29(39-23-4-2-3-20(30)14-23)35-28(36)31-15-18-5-10-22(37)11-6-18/h2-4,7,12-14,16,18,21-22,37H,5-6,8-11,15H2,1H3,(H,33,38)(H,31,34,35)/t18-,22+. The van der Waals surface area contributed by atoms with Gasteiger partial charge in [0.1, 0.15) is 11.6 Å². The van der Waals surface area contributed by atoms with Gasteiger partial charge in [0.2, 0.25) is 5.95 Å². The molecular weight excluding hydrogens is 499 g/mol. The van der Waals surface area contributed by atoms with Gasteiger partial charge in [-0.25, -0.2) is 4.39 Å². The number of ether oxygens (including phenoxy) is 1. The highest BCUT2D eigenvalue weighted by Gasteiger charge is 2.25. The Labute approximate surface area is 225 Å². The number of benzene rings is 2. The summed E-state index contributed by atoms with van der Waals surface area (Å²) in [6.07, 6.45) is 7.00. The zero-order valence-electron chi connectivity index (χ0n) is 21.7. The maximum absolute atomic E-state index is 13.8. The first-order chi connectivity index (χ1) is 18.9. The average molecular weight is 531 g/mol. The molecule has 1 amide bonds. The summed E-state index contributed by atoms with van der Waals surface area (Å²) in [5.41, 5.74) is 3.63. The fourth-order valence-corrected chi connectivity index (χ4v) is 5.02. The summed E-state index contributed by atoms with van der Waals surface area (Å²) in [6.45, 7) is 2.58. The van der Waals surface area contributed by atoms with Crippen molar-refractivity contribution in [3.8, 4) is 22.9 Å². The number of nitrogens with one attached hydrogen (secondary N) is 2. The lowest BCUT2D eigenvalue weighted by Gasteiger charge is -2.25. The van der Waals surface area contributed by atoms with Gasteiger partial charge in [0.05, 0.1) is 12.3 Å². The van der Waals surface area contributed by atoms with Crippen LogP contribution in [0.3, 0.4) is 0 Å². The van der Waals surface area contributed by atoms with Crippen LogP contribution in [0.5, 0.6) is 11.8 Å². The van der Waals surface area contributed by atoms with Gasteiger partial charge < -0.3 is 20.5 Å². The topological polar surface area (TPSA) is 114 Å². The second-order valence-electron chi connectivity index (χ2n) is 10.5. The minimum absolute atomic E-state index is 0.0590. The number of aliphatic hydroxyl groups excluding tert-OH is 1. The number of hydrogen-bond donors (Lipinski definition) is 3. The largest absolute Gasteiger partial charge is 0.424 e. The van der Waals surface area contributed by atoms with Crippen LogP contribution < -0.4 is 15.4 Å². The summed E-state index contributed by atoms with van der Waals surface area (Å²) < 4.78 is 21.3. The lowest BCUT2D eigenvalue weighted by molar-refractivity contribution is 0.0950. The molecule has 2 heterocycles. The number of hydrogen-bond acceptors (Lipinski definition) is 7. The SMILES string of the molecule is Cc1cc(-c2cnn3c(NC[C@H]4CC[C@@H](O)CC4)nc(Oc4cccc(F)c4)nc23)ccc1C(=O)NC1CC1. The Morgan fingerprint density at radius 2 is 1.92 bits per heavy atom. The number of aliphatic hydroxyl groups is 1. The molecule has 202 valence electrons. The molecular formula is C29H31FN6O3. The number of aryl methyl sites for hydroxylation is 1. The minimum Gasteiger partial charge on any atom is -0.424 e. The van der Waals surface area contributed by atoms with Crippen LogP contribution in [0.2, 0.25) is 0 Å². The Morgan fingerprint density at radius 3 is 2.67 bits per heavy atom. The van der Waals surface area contributed by atoms with Crippen molar-refractivity contribution in [3.05, 3.63) is 65.6 Å². The number of carbonyl (C=O) groups excluding carboxylic acids is 1. The first kappa shape index (κ1) is 25.2. The third-order valence-electron chi connectivity index (χ3n) is 7.41. The van der Waals surface area contributed by atoms with Crippen molar-refractivity contribution >= 4 is 17.5 Å². The number of nitrogens with zero attached hydrogens (tertiary/aromatic N) is 4. The van der Waals surface area contributed by atoms with Crippen LogP contribution in [-0.2, 0) is 0 Å². The molecule has 2 fully saturated rings. The first-order valence-electron chi connectivity index (χ1n) is 13.5. The van der Waals surface area contributed by atoms with Crippen molar-refractivity contribution in [2.24, 2.45) is 5.92 Å². The van der Waals surface area contributed by atoms with E-state index in [4.69, 9.17) is 4.74 Å². The van der Waals surface area contributed by atoms with Crippen molar-refractivity contribution in [1.29, 1.82) is 0 Å². The molecule has 4 aromatic rings. The number of amides is 1. The smallest absolute Gasteiger partial charge is 0.327 e. The van der Waals surface area contributed by atoms with Gasteiger partial charge in [-0.3, -0.25) is 4.79 Å². The monoisotopic (exact) mass is 530 g/mol. The summed E-state index contributed by atoms with van der Waals surface area (Å²) in [5, 5.41) is 20.8. The molecule has 0 aliphatic heterocycles. The van der Waals surface area contributed by atoms with E-state index in [-0.39, 0.29) is 29.8 Å². The molecule has 2 aliphatic rings. The van der Waals surface area contributed by atoms with Crippen LogP contribution in [0, 0.1) is 18.7 Å². The summed E-state index contributed by atoms with van der Waals surface area (Å²) in [4.78, 5) is 21.8. The number of rotatable bonds is 8. The maximum Gasteiger partial charge on any atom is 0.327 e. The predicted molar refractivity (Wildman–Crippen MR) is 144 cm³/mol. The number of carbonyl (C=O) groups is 1. The Morgan fingerprint density at radius 1 is 1.10 bits per heavy atom. The van der Waals surface area contributed by atoms with Crippen molar-refractivity contribution in [3.63, 3.8) is 0 Å². The molecule has 2 aromatic heterocycles. The van der Waals surface area contributed by atoms with Crippen LogP contribution in [0.25, 0.3) is 16.8 Å². The van der Waals surface area contributed by atoms with Crippen molar-refractivity contribution in [2.75, 3.05) is 11.9 Å². The van der Waals surface area contributed by atoms with Gasteiger partial charge in [-0.2, -0.15) is 19.6 Å². The minimum atomic E-state index is -0.419. The number of aromatic nitrogens is 4. The number of fused-ring (bicyclic) bond motifs is 1. The van der Waals surface area contributed by atoms with E-state index in [1.165, 1.54) is 12.1 Å². The quantitative estimate of drug-likeness (QED) is 0.297. The summed E-state index contributed by atoms with van der Waals surface area (Å²) in [6, 6.07) is 11.8. The summed E-state index contributed by atoms with van der Waals surface area (Å²) in [7, 11) is 0. The molecule has 10 heteroatoms. The van der Waals surface area contributed by atoms with Crippen LogP contribution in [-0.4, -0.2) is 49.3 Å². The fourth-order valence-electron chi connectivity index (χ4n) is 5.02. The molecule has 0 saturated heterocycles. The third kappa shape index (κ3) is 5.70. The Bertz CT molecular complexity index is 1510. The molecule has 2 aromatic carbocycles. The van der Waals surface area contributed by atoms with Crippen LogP contribution in [0.4, 0.5) is 10.3 Å². The van der Waals surface area contributed by atoms with Gasteiger partial charge in [0.15, 0.2) is 5.65 Å². The second kappa shape index (κ2) is 10.6. The van der Waals surface area contributed by atoms with Gasteiger partial charge in [-0.15, -0.1) is 0 Å². The molecule has 3 N–H and O–H groups in total. The molecule has 0 spiro atoms. The Kier molecular flexibility index (Phi) is 6.86. The summed E-state index contributed by atoms with van der Waals surface area (Å²) >= 11 is 0. The van der Waals surface area contributed by atoms with Gasteiger partial charge in [0, 0.05) is 29.8 Å². The van der Waals surface area contributed by atoms with Crippen LogP contribution in [0.1, 0.15) is 54.4 Å². The van der Waals surface area contributed by atoms with E-state index >= 15 is 0 Å². The van der Waals surface area contributed by atoms with Gasteiger partial charge in [-0.1, -0.05) is 18.2 Å². The summed E-state index contributed by atoms with van der Waals surface area (Å²) in [5.74, 6) is 0.669. The molecule has 0 unspecified atom stereocenters. The second-order valence-corrected chi connectivity index (χ2v) is 10.5. The predicted octanol–water partition coefficient (Wildman–Crippen LogP) is 4.89. The van der Waals surface area contributed by atoms with E-state index in [2.05, 4.69) is 25.7 Å². The van der Waals surface area contributed by atoms with Crippen molar-refractivity contribution in [2.45, 2.75) is 57.6 Å². The number of halogens is 1. The Balaban J connectivity index is 1.33. The zero-order valence-corrected chi connectivity index (χ0v) is 21.7. The highest BCUT2D eigenvalue weighted by Crippen LogP contribution is 2.30. The van der Waals surface area contributed by atoms with Crippen LogP contribution in [0.15, 0.2) is 48.7 Å². The molecule has 2 saturated carbocycles. The van der Waals surface area contributed by atoms with Gasteiger partial charge in [-0.05, 0) is 80.7 Å². The number of anilines is 1.